The highest BCUT2D eigenvalue weighted by molar-refractivity contribution is 7.07. The summed E-state index contributed by atoms with van der Waals surface area (Å²) in [7, 11) is 4.06. The van der Waals surface area contributed by atoms with Gasteiger partial charge in [-0.15, -0.1) is 0 Å². The van der Waals surface area contributed by atoms with Crippen LogP contribution in [-0.4, -0.2) is 31.4 Å². The second-order valence-electron chi connectivity index (χ2n) is 4.54. The monoisotopic (exact) mass is 266 g/mol. The maximum atomic E-state index is 11.8. The van der Waals surface area contributed by atoms with Gasteiger partial charge >= 0.3 is 0 Å². The Balaban J connectivity index is 2.59. The van der Waals surface area contributed by atoms with Crippen LogP contribution in [0.25, 0.3) is 0 Å². The number of carbonyl (C=O) groups is 1. The zero-order chi connectivity index (χ0) is 13.5. The molecule has 1 amide bonds. The second kappa shape index (κ2) is 7.34. The van der Waals surface area contributed by atoms with Crippen molar-refractivity contribution in [2.45, 2.75) is 26.3 Å². The Morgan fingerprint density at radius 1 is 1.56 bits per heavy atom. The van der Waals surface area contributed by atoms with Gasteiger partial charge in [-0.05, 0) is 49.8 Å². The van der Waals surface area contributed by atoms with E-state index in [4.69, 9.17) is 0 Å². The van der Waals surface area contributed by atoms with Crippen molar-refractivity contribution in [3.8, 4) is 0 Å². The molecule has 4 heteroatoms. The molecule has 0 bridgehead atoms. The van der Waals surface area contributed by atoms with Gasteiger partial charge in [0.2, 0.25) is 5.91 Å². The lowest BCUT2D eigenvalue weighted by Gasteiger charge is -2.24. The van der Waals surface area contributed by atoms with E-state index in [0.29, 0.717) is 6.54 Å². The van der Waals surface area contributed by atoms with Crippen LogP contribution in [0, 0.1) is 0 Å². The fourth-order valence-electron chi connectivity index (χ4n) is 1.79. The van der Waals surface area contributed by atoms with E-state index in [9.17, 15) is 4.79 Å². The van der Waals surface area contributed by atoms with Gasteiger partial charge in [0.1, 0.15) is 0 Å². The standard InChI is InChI=1S/C14H22N2OS/c1-5-6-11(2)14(17)15-9-13(16(3)4)12-7-8-18-10-12/h6-8,10,13H,5,9H2,1-4H3,(H,15,17)/b11-6+. The van der Waals surface area contributed by atoms with E-state index >= 15 is 0 Å². The molecule has 1 rings (SSSR count). The SMILES string of the molecule is CC/C=C(\C)C(=O)NCC(c1ccsc1)N(C)C. The minimum atomic E-state index is 0.0268. The van der Waals surface area contributed by atoms with Crippen LogP contribution in [-0.2, 0) is 4.79 Å². The molecule has 0 saturated carbocycles. The maximum Gasteiger partial charge on any atom is 0.246 e. The van der Waals surface area contributed by atoms with Gasteiger partial charge in [0.05, 0.1) is 6.04 Å². The highest BCUT2D eigenvalue weighted by atomic mass is 32.1. The lowest BCUT2D eigenvalue weighted by Crippen LogP contribution is -2.34. The number of hydrogen-bond acceptors (Lipinski definition) is 3. The minimum absolute atomic E-state index is 0.0268. The van der Waals surface area contributed by atoms with Gasteiger partial charge in [0, 0.05) is 12.1 Å². The molecule has 0 aliphatic heterocycles. The molecule has 0 aromatic carbocycles. The number of hydrogen-bond donors (Lipinski definition) is 1. The van der Waals surface area contributed by atoms with Crippen LogP contribution in [0.5, 0.6) is 0 Å². The largest absolute Gasteiger partial charge is 0.350 e. The van der Waals surface area contributed by atoms with Crippen molar-refractivity contribution in [3.05, 3.63) is 34.0 Å². The summed E-state index contributed by atoms with van der Waals surface area (Å²) in [6.07, 6.45) is 2.84. The maximum absolute atomic E-state index is 11.8. The van der Waals surface area contributed by atoms with Gasteiger partial charge in [-0.2, -0.15) is 11.3 Å². The molecule has 3 nitrogen and oxygen atoms in total. The molecule has 1 aromatic heterocycles. The Morgan fingerprint density at radius 3 is 2.78 bits per heavy atom. The average Bonchev–Trinajstić information content (AvgIpc) is 2.82. The predicted octanol–water partition coefficient (Wildman–Crippen LogP) is 2.82. The number of likely N-dealkylation sites (N-methyl/N-ethyl adjacent to an activating group) is 1. The van der Waals surface area contributed by atoms with Gasteiger partial charge in [-0.25, -0.2) is 0 Å². The predicted molar refractivity (Wildman–Crippen MR) is 77.8 cm³/mol. The minimum Gasteiger partial charge on any atom is -0.350 e. The van der Waals surface area contributed by atoms with Crippen molar-refractivity contribution in [3.63, 3.8) is 0 Å². The van der Waals surface area contributed by atoms with E-state index in [-0.39, 0.29) is 11.9 Å². The van der Waals surface area contributed by atoms with E-state index in [2.05, 4.69) is 27.0 Å². The molecule has 0 aliphatic rings. The fraction of sp³-hybridized carbons (Fsp3) is 0.500. The number of rotatable bonds is 6. The lowest BCUT2D eigenvalue weighted by molar-refractivity contribution is -0.117. The molecule has 0 spiro atoms. The summed E-state index contributed by atoms with van der Waals surface area (Å²) in [6, 6.07) is 2.34. The summed E-state index contributed by atoms with van der Waals surface area (Å²) in [6.45, 7) is 4.52. The van der Waals surface area contributed by atoms with Crippen molar-refractivity contribution < 1.29 is 4.79 Å². The normalized spacial score (nSPS) is 13.7. The number of nitrogens with zero attached hydrogens (tertiary/aromatic N) is 1. The first-order chi connectivity index (χ1) is 8.56. The number of nitrogens with one attached hydrogen (secondary N) is 1. The molecule has 1 aromatic rings. The van der Waals surface area contributed by atoms with Crippen molar-refractivity contribution in [1.82, 2.24) is 10.2 Å². The summed E-state index contributed by atoms with van der Waals surface area (Å²) >= 11 is 1.68. The summed E-state index contributed by atoms with van der Waals surface area (Å²) in [4.78, 5) is 14.0. The third-order valence-electron chi connectivity index (χ3n) is 2.88. The Hall–Kier alpha value is -1.13. The summed E-state index contributed by atoms with van der Waals surface area (Å²) in [5.41, 5.74) is 2.04. The van der Waals surface area contributed by atoms with Crippen LogP contribution < -0.4 is 5.32 Å². The topological polar surface area (TPSA) is 32.3 Å². The number of carbonyl (C=O) groups excluding carboxylic acids is 1. The molecule has 100 valence electrons. The first-order valence-corrected chi connectivity index (χ1v) is 7.14. The number of allylic oxidation sites excluding steroid dienone is 1. The number of thiophene rings is 1. The van der Waals surface area contributed by atoms with E-state index in [1.807, 2.05) is 34.0 Å². The Bertz CT molecular complexity index is 396. The third-order valence-corrected chi connectivity index (χ3v) is 3.58. The van der Waals surface area contributed by atoms with Gasteiger partial charge < -0.3 is 10.2 Å². The Labute approximate surface area is 114 Å². The smallest absolute Gasteiger partial charge is 0.246 e. The average molecular weight is 266 g/mol. The molecule has 0 radical (unpaired) electrons. The number of amides is 1. The van der Waals surface area contributed by atoms with Crippen LogP contribution in [0.1, 0.15) is 31.9 Å². The van der Waals surface area contributed by atoms with E-state index in [1.54, 1.807) is 11.3 Å². The van der Waals surface area contributed by atoms with Crippen LogP contribution in [0.4, 0.5) is 0 Å². The highest BCUT2D eigenvalue weighted by Gasteiger charge is 2.15. The first-order valence-electron chi connectivity index (χ1n) is 6.19. The Morgan fingerprint density at radius 2 is 2.28 bits per heavy atom. The van der Waals surface area contributed by atoms with Gasteiger partial charge in [0.25, 0.3) is 0 Å². The van der Waals surface area contributed by atoms with Crippen LogP contribution in [0.2, 0.25) is 0 Å². The van der Waals surface area contributed by atoms with Crippen molar-refractivity contribution in [2.75, 3.05) is 20.6 Å². The van der Waals surface area contributed by atoms with Crippen molar-refractivity contribution in [2.24, 2.45) is 0 Å². The van der Waals surface area contributed by atoms with Gasteiger partial charge in [-0.1, -0.05) is 13.0 Å². The molecular weight excluding hydrogens is 244 g/mol. The quantitative estimate of drug-likeness (QED) is 0.803. The van der Waals surface area contributed by atoms with E-state index < -0.39 is 0 Å². The second-order valence-corrected chi connectivity index (χ2v) is 5.32. The molecule has 1 atom stereocenters. The van der Waals surface area contributed by atoms with E-state index in [1.165, 1.54) is 5.56 Å². The zero-order valence-corrected chi connectivity index (χ0v) is 12.4. The van der Waals surface area contributed by atoms with Gasteiger partial charge in [-0.3, -0.25) is 4.79 Å². The zero-order valence-electron chi connectivity index (χ0n) is 11.6. The van der Waals surface area contributed by atoms with E-state index in [0.717, 1.165) is 12.0 Å². The van der Waals surface area contributed by atoms with Crippen molar-refractivity contribution in [1.29, 1.82) is 0 Å². The third kappa shape index (κ3) is 4.27. The molecule has 1 unspecified atom stereocenters. The molecule has 0 saturated heterocycles. The molecule has 0 aliphatic carbocycles. The lowest BCUT2D eigenvalue weighted by atomic mass is 10.1. The van der Waals surface area contributed by atoms with Crippen LogP contribution in [0.3, 0.4) is 0 Å². The van der Waals surface area contributed by atoms with Crippen LogP contribution >= 0.6 is 11.3 Å². The Kier molecular flexibility index (Phi) is 6.09. The van der Waals surface area contributed by atoms with Crippen molar-refractivity contribution >= 4 is 17.2 Å². The summed E-state index contributed by atoms with van der Waals surface area (Å²) in [5, 5.41) is 7.19. The highest BCUT2D eigenvalue weighted by Crippen LogP contribution is 2.20. The fourth-order valence-corrected chi connectivity index (χ4v) is 2.50. The van der Waals surface area contributed by atoms with Gasteiger partial charge in [0.15, 0.2) is 0 Å². The molecule has 18 heavy (non-hydrogen) atoms. The molecule has 1 N–H and O–H groups in total. The summed E-state index contributed by atoms with van der Waals surface area (Å²) < 4.78 is 0. The first kappa shape index (κ1) is 14.9. The molecule has 1 heterocycles. The summed E-state index contributed by atoms with van der Waals surface area (Å²) in [5.74, 6) is 0.0268. The molecular formula is C14H22N2OS. The molecule has 0 fully saturated rings. The van der Waals surface area contributed by atoms with Crippen LogP contribution in [0.15, 0.2) is 28.5 Å².